The number of carbonyl (C=O) groups is 3. The van der Waals surface area contributed by atoms with Crippen molar-refractivity contribution in [3.05, 3.63) is 28.2 Å². The molecule has 0 N–H and O–H groups in total. The van der Waals surface area contributed by atoms with Crippen molar-refractivity contribution in [2.75, 3.05) is 21.3 Å². The Bertz CT molecular complexity index is 813. The molecule has 0 spiro atoms. The first-order chi connectivity index (χ1) is 12.7. The number of benzene rings is 1. The van der Waals surface area contributed by atoms with Crippen molar-refractivity contribution in [1.29, 1.82) is 0 Å². The fraction of sp³-hybridized carbons (Fsp3) is 0.526. The van der Waals surface area contributed by atoms with E-state index in [4.69, 9.17) is 9.47 Å². The van der Waals surface area contributed by atoms with Gasteiger partial charge in [0, 0.05) is 11.5 Å². The molecule has 3 rings (SSSR count). The summed E-state index contributed by atoms with van der Waals surface area (Å²) in [6, 6.07) is 3.44. The predicted octanol–water partition coefficient (Wildman–Crippen LogP) is 2.14. The third kappa shape index (κ3) is 2.81. The Morgan fingerprint density at radius 1 is 1.26 bits per heavy atom. The Kier molecular flexibility index (Phi) is 4.96. The van der Waals surface area contributed by atoms with Gasteiger partial charge in [-0.2, -0.15) is 0 Å². The van der Waals surface area contributed by atoms with Gasteiger partial charge in [-0.25, -0.2) is 0 Å². The lowest BCUT2D eigenvalue weighted by atomic mass is 9.78. The molecule has 2 aliphatic rings. The molecule has 0 radical (unpaired) electrons. The van der Waals surface area contributed by atoms with Crippen LogP contribution in [0.2, 0.25) is 0 Å². The van der Waals surface area contributed by atoms with E-state index in [1.54, 1.807) is 45.0 Å². The van der Waals surface area contributed by atoms with Crippen LogP contribution in [0.3, 0.4) is 0 Å². The highest BCUT2D eigenvalue weighted by Crippen LogP contribution is 2.54. The van der Waals surface area contributed by atoms with Crippen LogP contribution in [0.5, 0.6) is 5.75 Å². The topological polar surface area (TPSA) is 76.2 Å². The summed E-state index contributed by atoms with van der Waals surface area (Å²) in [7, 11) is 4.49. The Morgan fingerprint density at radius 3 is 2.52 bits per heavy atom. The van der Waals surface area contributed by atoms with Crippen LogP contribution >= 0.6 is 15.9 Å². The van der Waals surface area contributed by atoms with Crippen molar-refractivity contribution in [2.45, 2.75) is 38.4 Å². The average Bonchev–Trinajstić information content (AvgIpc) is 2.99. The second kappa shape index (κ2) is 6.82. The van der Waals surface area contributed by atoms with Gasteiger partial charge < -0.3 is 19.3 Å². The van der Waals surface area contributed by atoms with Crippen LogP contribution < -0.4 is 4.74 Å². The quantitative estimate of drug-likeness (QED) is 0.675. The largest absolute Gasteiger partial charge is 0.497 e. The highest BCUT2D eigenvalue weighted by atomic mass is 79.9. The molecule has 2 amide bonds. The van der Waals surface area contributed by atoms with Crippen LogP contribution in [0.15, 0.2) is 22.7 Å². The predicted molar refractivity (Wildman–Crippen MR) is 101 cm³/mol. The Labute approximate surface area is 166 Å². The molecule has 2 saturated heterocycles. The second-order valence-corrected chi connectivity index (χ2v) is 8.14. The first kappa shape index (κ1) is 19.7. The molecule has 0 saturated carbocycles. The maximum atomic E-state index is 13.1. The highest BCUT2D eigenvalue weighted by molar-refractivity contribution is 9.10. The van der Waals surface area contributed by atoms with Gasteiger partial charge in [0.1, 0.15) is 17.8 Å². The minimum absolute atomic E-state index is 0.168. The summed E-state index contributed by atoms with van der Waals surface area (Å²) in [5.74, 6) is -0.203. The number of rotatable bonds is 3. The van der Waals surface area contributed by atoms with Crippen molar-refractivity contribution in [2.24, 2.45) is 5.41 Å². The van der Waals surface area contributed by atoms with E-state index >= 15 is 0 Å². The maximum Gasteiger partial charge on any atom is 0.314 e. The molecule has 3 unspecified atom stereocenters. The summed E-state index contributed by atoms with van der Waals surface area (Å²) in [5, 5.41) is 0. The monoisotopic (exact) mass is 438 g/mol. The van der Waals surface area contributed by atoms with Crippen LogP contribution in [0, 0.1) is 5.41 Å². The smallest absolute Gasteiger partial charge is 0.314 e. The third-order valence-corrected chi connectivity index (χ3v) is 6.53. The highest BCUT2D eigenvalue weighted by Gasteiger charge is 2.62. The van der Waals surface area contributed by atoms with Crippen molar-refractivity contribution in [1.82, 2.24) is 9.80 Å². The zero-order valence-corrected chi connectivity index (χ0v) is 17.6. The molecule has 2 heterocycles. The minimum atomic E-state index is -1.06. The molecule has 146 valence electrons. The number of likely N-dealkylation sites (N-methyl/N-ethyl adjacent to an activating group) is 1. The second-order valence-electron chi connectivity index (χ2n) is 7.29. The SMILES string of the molecule is COC(=O)[C@@]1(C)CC2C(=O)N(C)C(C)C(=O)N2C1c1cc(OC)ccc1Br. The molecule has 2 aliphatic heterocycles. The number of methoxy groups -OCH3 is 2. The molecule has 0 bridgehead atoms. The maximum absolute atomic E-state index is 13.1. The van der Waals surface area contributed by atoms with E-state index in [0.29, 0.717) is 11.3 Å². The molecule has 2 fully saturated rings. The summed E-state index contributed by atoms with van der Waals surface area (Å²) in [4.78, 5) is 41.8. The Balaban J connectivity index is 2.22. The van der Waals surface area contributed by atoms with E-state index < -0.39 is 29.5 Å². The normalized spacial score (nSPS) is 30.4. The first-order valence-electron chi connectivity index (χ1n) is 8.68. The lowest BCUT2D eigenvalue weighted by Crippen LogP contribution is -2.60. The summed E-state index contributed by atoms with van der Waals surface area (Å²) < 4.78 is 11.1. The molecule has 1 aromatic rings. The summed E-state index contributed by atoms with van der Waals surface area (Å²) in [6.07, 6.45) is 0.204. The van der Waals surface area contributed by atoms with Gasteiger partial charge in [0.25, 0.3) is 0 Å². The molecule has 4 atom stereocenters. The number of halogens is 1. The summed E-state index contributed by atoms with van der Waals surface area (Å²) in [5.41, 5.74) is -0.354. The number of hydrogen-bond acceptors (Lipinski definition) is 5. The first-order valence-corrected chi connectivity index (χ1v) is 9.47. The minimum Gasteiger partial charge on any atom is -0.497 e. The molecule has 8 heteroatoms. The Morgan fingerprint density at radius 2 is 1.93 bits per heavy atom. The lowest BCUT2D eigenvalue weighted by Gasteiger charge is -2.42. The fourth-order valence-electron chi connectivity index (χ4n) is 4.17. The van der Waals surface area contributed by atoms with Crippen molar-refractivity contribution >= 4 is 33.7 Å². The molecular formula is C19H23BrN2O5. The molecule has 27 heavy (non-hydrogen) atoms. The van der Waals surface area contributed by atoms with Gasteiger partial charge in [0.2, 0.25) is 11.8 Å². The molecular weight excluding hydrogens is 416 g/mol. The van der Waals surface area contributed by atoms with E-state index in [1.165, 1.54) is 12.0 Å². The number of hydrogen-bond donors (Lipinski definition) is 0. The number of esters is 1. The van der Waals surface area contributed by atoms with Gasteiger partial charge in [-0.3, -0.25) is 14.4 Å². The van der Waals surface area contributed by atoms with Crippen molar-refractivity contribution in [3.8, 4) is 5.75 Å². The lowest BCUT2D eigenvalue weighted by molar-refractivity contribution is -0.160. The molecule has 0 aromatic heterocycles. The zero-order valence-electron chi connectivity index (χ0n) is 16.0. The number of amides is 2. The van der Waals surface area contributed by atoms with Gasteiger partial charge in [-0.05, 0) is 44.0 Å². The van der Waals surface area contributed by atoms with Gasteiger partial charge in [-0.1, -0.05) is 15.9 Å². The van der Waals surface area contributed by atoms with Crippen LogP contribution in [0.4, 0.5) is 0 Å². The van der Waals surface area contributed by atoms with E-state index in [0.717, 1.165) is 4.47 Å². The van der Waals surface area contributed by atoms with Crippen molar-refractivity contribution in [3.63, 3.8) is 0 Å². The van der Waals surface area contributed by atoms with Crippen LogP contribution in [-0.2, 0) is 19.1 Å². The van der Waals surface area contributed by atoms with Gasteiger partial charge in [-0.15, -0.1) is 0 Å². The number of piperazine rings is 1. The van der Waals surface area contributed by atoms with Crippen LogP contribution in [-0.4, -0.2) is 60.9 Å². The fourth-order valence-corrected chi connectivity index (χ4v) is 4.64. The van der Waals surface area contributed by atoms with Gasteiger partial charge >= 0.3 is 5.97 Å². The third-order valence-electron chi connectivity index (χ3n) is 5.81. The van der Waals surface area contributed by atoms with Gasteiger partial charge in [0.05, 0.1) is 25.7 Å². The number of ether oxygens (including phenoxy) is 2. The van der Waals surface area contributed by atoms with E-state index in [-0.39, 0.29) is 18.2 Å². The number of nitrogens with zero attached hydrogens (tertiary/aromatic N) is 2. The van der Waals surface area contributed by atoms with E-state index in [2.05, 4.69) is 15.9 Å². The van der Waals surface area contributed by atoms with E-state index in [1.807, 2.05) is 6.07 Å². The number of carbonyl (C=O) groups excluding carboxylic acids is 3. The average molecular weight is 439 g/mol. The van der Waals surface area contributed by atoms with Gasteiger partial charge in [0.15, 0.2) is 0 Å². The zero-order chi connectivity index (χ0) is 20.1. The van der Waals surface area contributed by atoms with Crippen molar-refractivity contribution < 1.29 is 23.9 Å². The summed E-state index contributed by atoms with van der Waals surface area (Å²) in [6.45, 7) is 3.45. The standard InChI is InChI=1S/C19H23BrN2O5/c1-10-16(23)22-14(17(24)21(10)3)9-19(2,18(25)27-5)15(22)12-8-11(26-4)6-7-13(12)20/h6-8,10,14-15H,9H2,1-5H3/t10?,14?,15?,19-/m0/s1. The molecule has 1 aromatic carbocycles. The molecule has 0 aliphatic carbocycles. The van der Waals surface area contributed by atoms with E-state index in [9.17, 15) is 14.4 Å². The number of fused-ring (bicyclic) bond motifs is 1. The van der Waals surface area contributed by atoms with Crippen LogP contribution in [0.25, 0.3) is 0 Å². The summed E-state index contributed by atoms with van der Waals surface area (Å²) >= 11 is 3.53. The molecule has 7 nitrogen and oxygen atoms in total. The Hall–Kier alpha value is -2.09. The van der Waals surface area contributed by atoms with Crippen LogP contribution in [0.1, 0.15) is 31.9 Å².